The van der Waals surface area contributed by atoms with Crippen LogP contribution in [0.25, 0.3) is 0 Å². The highest BCUT2D eigenvalue weighted by Gasteiger charge is 2.17. The van der Waals surface area contributed by atoms with Gasteiger partial charge in [0.2, 0.25) is 0 Å². The molecule has 0 saturated heterocycles. The maximum atomic E-state index is 13.1. The number of ether oxygens (including phenoxy) is 2. The fourth-order valence-electron chi connectivity index (χ4n) is 3.18. The zero-order valence-corrected chi connectivity index (χ0v) is 20.0. The van der Waals surface area contributed by atoms with Crippen molar-refractivity contribution in [2.24, 2.45) is 0 Å². The predicted molar refractivity (Wildman–Crippen MR) is 129 cm³/mol. The molecule has 0 radical (unpaired) electrons. The van der Waals surface area contributed by atoms with Gasteiger partial charge in [0, 0.05) is 48.6 Å². The van der Waals surface area contributed by atoms with Crippen molar-refractivity contribution >= 4 is 29.2 Å². The molecule has 2 heterocycles. The maximum absolute atomic E-state index is 13.1. The summed E-state index contributed by atoms with van der Waals surface area (Å²) >= 11 is 1.49. The van der Waals surface area contributed by atoms with Crippen LogP contribution >= 0.6 is 11.8 Å². The number of aromatic nitrogens is 2. The number of hydrogen-bond donors (Lipinski definition) is 1. The first kappa shape index (κ1) is 23.4. The molecule has 0 aliphatic carbocycles. The average Bonchev–Trinajstić information content (AvgIpc) is 2.76. The number of pyridine rings is 2. The largest absolute Gasteiger partial charge is 0.497 e. The minimum Gasteiger partial charge on any atom is -0.497 e. The number of nitrogens with zero attached hydrogens (tertiary/aromatic N) is 3. The van der Waals surface area contributed by atoms with E-state index in [1.807, 2.05) is 75.3 Å². The molecule has 1 amide bonds. The summed E-state index contributed by atoms with van der Waals surface area (Å²) in [5.74, 6) is 2.61. The number of rotatable bonds is 8. The van der Waals surface area contributed by atoms with Crippen molar-refractivity contribution < 1.29 is 14.3 Å². The first-order valence-corrected chi connectivity index (χ1v) is 11.1. The Hall–Kier alpha value is -3.26. The van der Waals surface area contributed by atoms with Crippen LogP contribution in [-0.4, -0.2) is 44.2 Å². The van der Waals surface area contributed by atoms with Crippen molar-refractivity contribution in [2.75, 3.05) is 38.5 Å². The highest BCUT2D eigenvalue weighted by molar-refractivity contribution is 7.98. The number of amides is 1. The molecule has 0 bridgehead atoms. The van der Waals surface area contributed by atoms with Gasteiger partial charge in [-0.3, -0.25) is 9.78 Å². The molecule has 0 fully saturated rings. The molecular weight excluding hydrogens is 424 g/mol. The summed E-state index contributed by atoms with van der Waals surface area (Å²) in [6.45, 7) is 3.80. The van der Waals surface area contributed by atoms with E-state index in [1.165, 1.54) is 11.8 Å². The van der Waals surface area contributed by atoms with Crippen molar-refractivity contribution in [1.82, 2.24) is 9.97 Å². The molecule has 0 atom stereocenters. The molecule has 3 aromatic rings. The van der Waals surface area contributed by atoms with Crippen molar-refractivity contribution in [3.05, 3.63) is 65.0 Å². The second-order valence-electron chi connectivity index (χ2n) is 7.48. The molecule has 1 aromatic carbocycles. The molecule has 2 aromatic heterocycles. The van der Waals surface area contributed by atoms with E-state index in [1.54, 1.807) is 14.2 Å². The van der Waals surface area contributed by atoms with Gasteiger partial charge in [-0.2, -0.15) is 0 Å². The van der Waals surface area contributed by atoms with Crippen LogP contribution in [0.1, 0.15) is 27.3 Å². The summed E-state index contributed by atoms with van der Waals surface area (Å²) in [5, 5.41) is 3.62. The second kappa shape index (κ2) is 10.4. The van der Waals surface area contributed by atoms with Crippen LogP contribution in [-0.2, 0) is 5.75 Å². The Bertz CT molecular complexity index is 1100. The Morgan fingerprint density at radius 2 is 1.72 bits per heavy atom. The molecule has 0 spiro atoms. The van der Waals surface area contributed by atoms with Crippen LogP contribution in [0.4, 0.5) is 11.5 Å². The number of carbonyl (C=O) groups excluding carboxylic acids is 1. The van der Waals surface area contributed by atoms with E-state index in [0.717, 1.165) is 34.3 Å². The molecular formula is C24H28N4O3S. The molecule has 3 rings (SSSR count). The van der Waals surface area contributed by atoms with Crippen molar-refractivity contribution in [3.63, 3.8) is 0 Å². The minimum absolute atomic E-state index is 0.211. The summed E-state index contributed by atoms with van der Waals surface area (Å²) in [5.41, 5.74) is 3.91. The van der Waals surface area contributed by atoms with Gasteiger partial charge in [-0.15, -0.1) is 11.8 Å². The molecule has 0 aliphatic heterocycles. The Balaban J connectivity index is 1.88. The number of thioether (sulfide) groups is 1. The van der Waals surface area contributed by atoms with Crippen molar-refractivity contribution in [2.45, 2.75) is 24.6 Å². The van der Waals surface area contributed by atoms with E-state index in [0.29, 0.717) is 22.0 Å². The number of carbonyl (C=O) groups is 1. The zero-order valence-electron chi connectivity index (χ0n) is 19.2. The topological polar surface area (TPSA) is 76.6 Å². The normalized spacial score (nSPS) is 10.6. The lowest BCUT2D eigenvalue weighted by Crippen LogP contribution is -2.16. The average molecular weight is 453 g/mol. The molecule has 8 heteroatoms. The Kier molecular flexibility index (Phi) is 7.58. The lowest BCUT2D eigenvalue weighted by Gasteiger charge is -2.16. The van der Waals surface area contributed by atoms with Gasteiger partial charge < -0.3 is 19.7 Å². The fourth-order valence-corrected chi connectivity index (χ4v) is 4.19. The van der Waals surface area contributed by atoms with E-state index in [9.17, 15) is 4.79 Å². The van der Waals surface area contributed by atoms with Crippen LogP contribution in [0.2, 0.25) is 0 Å². The van der Waals surface area contributed by atoms with E-state index >= 15 is 0 Å². The van der Waals surface area contributed by atoms with Crippen LogP contribution in [0.5, 0.6) is 11.5 Å². The number of hydrogen-bond acceptors (Lipinski definition) is 7. The van der Waals surface area contributed by atoms with Crippen molar-refractivity contribution in [3.8, 4) is 11.5 Å². The van der Waals surface area contributed by atoms with Gasteiger partial charge in [0.05, 0.1) is 19.8 Å². The van der Waals surface area contributed by atoms with Crippen LogP contribution in [0, 0.1) is 13.8 Å². The molecule has 1 N–H and O–H groups in total. The van der Waals surface area contributed by atoms with E-state index < -0.39 is 0 Å². The van der Waals surface area contributed by atoms with Gasteiger partial charge in [0.25, 0.3) is 5.91 Å². The first-order chi connectivity index (χ1) is 15.3. The minimum atomic E-state index is -0.211. The monoisotopic (exact) mass is 452 g/mol. The molecule has 0 unspecified atom stereocenters. The lowest BCUT2D eigenvalue weighted by atomic mass is 10.2. The summed E-state index contributed by atoms with van der Waals surface area (Å²) in [6.07, 6.45) is 0. The maximum Gasteiger partial charge on any atom is 0.258 e. The van der Waals surface area contributed by atoms with Gasteiger partial charge >= 0.3 is 0 Å². The van der Waals surface area contributed by atoms with Crippen LogP contribution in [0.15, 0.2) is 47.5 Å². The van der Waals surface area contributed by atoms with Gasteiger partial charge in [-0.1, -0.05) is 6.07 Å². The standard InChI is InChI=1S/C24H28N4O3S/c1-15-11-18(12-16(2)25-15)26-23(29)20-9-10-22(28(3)4)27-24(20)32-14-17-7-8-19(30-5)13-21(17)31-6/h7-13H,14H2,1-6H3,(H,25,26,29). The van der Waals surface area contributed by atoms with Gasteiger partial charge in [-0.25, -0.2) is 4.98 Å². The highest BCUT2D eigenvalue weighted by atomic mass is 32.2. The Morgan fingerprint density at radius 3 is 2.34 bits per heavy atom. The van der Waals surface area contributed by atoms with E-state index in [-0.39, 0.29) is 5.91 Å². The summed E-state index contributed by atoms with van der Waals surface area (Å²) in [7, 11) is 7.10. The summed E-state index contributed by atoms with van der Waals surface area (Å²) in [4.78, 5) is 24.1. The smallest absolute Gasteiger partial charge is 0.258 e. The molecule has 0 saturated carbocycles. The lowest BCUT2D eigenvalue weighted by molar-refractivity contribution is 0.102. The molecule has 32 heavy (non-hydrogen) atoms. The number of methoxy groups -OCH3 is 2. The SMILES string of the molecule is COc1ccc(CSc2nc(N(C)C)ccc2C(=O)Nc2cc(C)nc(C)c2)c(OC)c1. The third-order valence-corrected chi connectivity index (χ3v) is 5.79. The van der Waals surface area contributed by atoms with Crippen LogP contribution in [0.3, 0.4) is 0 Å². The quantitative estimate of drug-likeness (QED) is 0.496. The molecule has 0 aliphatic rings. The second-order valence-corrected chi connectivity index (χ2v) is 8.44. The van der Waals surface area contributed by atoms with E-state index in [2.05, 4.69) is 10.3 Å². The van der Waals surface area contributed by atoms with Gasteiger partial charge in [0.1, 0.15) is 22.3 Å². The summed E-state index contributed by atoms with van der Waals surface area (Å²) < 4.78 is 10.8. The third kappa shape index (κ3) is 5.70. The Morgan fingerprint density at radius 1 is 1.00 bits per heavy atom. The Labute approximate surface area is 193 Å². The molecule has 168 valence electrons. The third-order valence-electron chi connectivity index (χ3n) is 4.75. The van der Waals surface area contributed by atoms with Gasteiger partial charge in [0.15, 0.2) is 0 Å². The highest BCUT2D eigenvalue weighted by Crippen LogP contribution is 2.32. The number of aryl methyl sites for hydroxylation is 2. The fraction of sp³-hybridized carbons (Fsp3) is 0.292. The van der Waals surface area contributed by atoms with Crippen LogP contribution < -0.4 is 19.7 Å². The first-order valence-electron chi connectivity index (χ1n) is 10.1. The molecule has 7 nitrogen and oxygen atoms in total. The van der Waals surface area contributed by atoms with Gasteiger partial charge in [-0.05, 0) is 44.2 Å². The number of anilines is 2. The summed E-state index contributed by atoms with van der Waals surface area (Å²) in [6, 6.07) is 13.1. The number of benzene rings is 1. The van der Waals surface area contributed by atoms with Crippen molar-refractivity contribution in [1.29, 1.82) is 0 Å². The number of nitrogens with one attached hydrogen (secondary N) is 1. The predicted octanol–water partition coefficient (Wildman–Crippen LogP) is 4.72. The van der Waals surface area contributed by atoms with E-state index in [4.69, 9.17) is 14.5 Å². The zero-order chi connectivity index (χ0) is 23.3.